The third kappa shape index (κ3) is 4.17. The summed E-state index contributed by atoms with van der Waals surface area (Å²) in [4.78, 5) is 15.2. The molecule has 2 aliphatic rings. The van der Waals surface area contributed by atoms with Gasteiger partial charge in [-0.2, -0.15) is 0 Å². The first-order valence-electron chi connectivity index (χ1n) is 8.70. The Bertz CT molecular complexity index is 699. The first kappa shape index (κ1) is 18.3. The second kappa shape index (κ2) is 8.72. The van der Waals surface area contributed by atoms with Gasteiger partial charge in [-0.05, 0) is 38.1 Å². The van der Waals surface area contributed by atoms with E-state index in [0.717, 1.165) is 30.5 Å². The molecule has 2 atom stereocenters. The van der Waals surface area contributed by atoms with Gasteiger partial charge in [0.2, 0.25) is 0 Å². The molecule has 4 heterocycles. The maximum atomic E-state index is 8.36. The first-order valence-corrected chi connectivity index (χ1v) is 8.70. The number of ether oxygens (including phenoxy) is 1. The van der Waals surface area contributed by atoms with Crippen molar-refractivity contribution in [1.29, 1.82) is 0 Å². The summed E-state index contributed by atoms with van der Waals surface area (Å²) >= 11 is 0. The number of carboxylic acid groups (broad SMARTS) is 1. The number of aromatic nitrogens is 4. The monoisotopic (exact) mass is 360 g/mol. The predicted octanol–water partition coefficient (Wildman–Crippen LogP) is 0.853. The highest BCUT2D eigenvalue weighted by Crippen LogP contribution is 2.22. The Labute approximate surface area is 152 Å². The van der Waals surface area contributed by atoms with Crippen LogP contribution in [-0.4, -0.2) is 74.6 Å². The van der Waals surface area contributed by atoms with Crippen molar-refractivity contribution >= 4 is 12.3 Å². The van der Waals surface area contributed by atoms with Crippen molar-refractivity contribution in [3.63, 3.8) is 0 Å². The minimum atomic E-state index is -0.250. The number of imidazole rings is 1. The van der Waals surface area contributed by atoms with Crippen molar-refractivity contribution in [2.45, 2.75) is 24.9 Å². The molecule has 2 fully saturated rings. The van der Waals surface area contributed by atoms with E-state index in [0.29, 0.717) is 6.04 Å². The van der Waals surface area contributed by atoms with Gasteiger partial charge >= 0.3 is 0 Å². The van der Waals surface area contributed by atoms with E-state index < -0.39 is 0 Å². The molecule has 0 unspecified atom stereocenters. The summed E-state index contributed by atoms with van der Waals surface area (Å²) in [6, 6.07) is 4.64. The van der Waals surface area contributed by atoms with Crippen molar-refractivity contribution in [2.24, 2.45) is 7.05 Å². The van der Waals surface area contributed by atoms with E-state index in [-0.39, 0.29) is 12.5 Å². The zero-order valence-electron chi connectivity index (χ0n) is 14.8. The third-order valence-electron chi connectivity index (χ3n) is 4.71. The molecule has 2 aromatic rings. The van der Waals surface area contributed by atoms with Gasteiger partial charge in [0, 0.05) is 19.4 Å². The lowest BCUT2D eigenvalue weighted by molar-refractivity contribution is -0.122. The van der Waals surface area contributed by atoms with Crippen LogP contribution in [0.4, 0.5) is 5.82 Å². The van der Waals surface area contributed by atoms with Gasteiger partial charge in [-0.25, -0.2) is 4.98 Å². The molecule has 2 N–H and O–H groups in total. The van der Waals surface area contributed by atoms with E-state index in [1.54, 1.807) is 6.20 Å². The molecule has 9 nitrogen and oxygen atoms in total. The van der Waals surface area contributed by atoms with E-state index in [1.165, 1.54) is 25.9 Å². The number of carbonyl (C=O) groups is 1. The molecule has 2 saturated heterocycles. The van der Waals surface area contributed by atoms with Gasteiger partial charge in [0.05, 0.1) is 25.3 Å². The second-order valence-electron chi connectivity index (χ2n) is 6.37. The van der Waals surface area contributed by atoms with Crippen LogP contribution in [0.25, 0.3) is 11.5 Å². The quantitative estimate of drug-likeness (QED) is 0.773. The number of likely N-dealkylation sites (tertiary alicyclic amines) is 1. The normalized spacial score (nSPS) is 22.7. The smallest absolute Gasteiger partial charge is 0.290 e. The van der Waals surface area contributed by atoms with Gasteiger partial charge in [0.1, 0.15) is 11.5 Å². The molecule has 0 bridgehead atoms. The average Bonchev–Trinajstić information content (AvgIpc) is 3.38. The molecule has 9 heteroatoms. The van der Waals surface area contributed by atoms with Gasteiger partial charge < -0.3 is 19.7 Å². The Morgan fingerprint density at radius 1 is 1.27 bits per heavy atom. The number of rotatable bonds is 4. The summed E-state index contributed by atoms with van der Waals surface area (Å²) < 4.78 is 7.62. The van der Waals surface area contributed by atoms with Crippen molar-refractivity contribution in [3.8, 4) is 11.5 Å². The Morgan fingerprint density at radius 2 is 2.04 bits per heavy atom. The molecule has 0 spiro atoms. The number of anilines is 1. The first-order chi connectivity index (χ1) is 12.7. The molecule has 26 heavy (non-hydrogen) atoms. The minimum Gasteiger partial charge on any atom is -0.483 e. The van der Waals surface area contributed by atoms with Gasteiger partial charge in [-0.15, -0.1) is 10.2 Å². The Balaban J connectivity index is 0.000000613. The summed E-state index contributed by atoms with van der Waals surface area (Å²) in [6.45, 7) is 3.63. The molecule has 0 radical (unpaired) electrons. The van der Waals surface area contributed by atoms with Crippen molar-refractivity contribution in [1.82, 2.24) is 24.6 Å². The van der Waals surface area contributed by atoms with E-state index in [2.05, 4.69) is 25.4 Å². The lowest BCUT2D eigenvalue weighted by Gasteiger charge is -2.28. The van der Waals surface area contributed by atoms with E-state index in [1.807, 2.05) is 29.9 Å². The topological polar surface area (TPSA) is 105 Å². The minimum absolute atomic E-state index is 0.250. The lowest BCUT2D eigenvalue weighted by Crippen LogP contribution is -2.45. The molecule has 0 saturated carbocycles. The highest BCUT2D eigenvalue weighted by Gasteiger charge is 2.34. The number of aryl methyl sites for hydroxylation is 1. The van der Waals surface area contributed by atoms with Gasteiger partial charge in [-0.1, -0.05) is 0 Å². The highest BCUT2D eigenvalue weighted by molar-refractivity contribution is 5.51. The summed E-state index contributed by atoms with van der Waals surface area (Å²) in [5.41, 5.74) is 0.779. The molecule has 2 aromatic heterocycles. The number of nitrogens with zero attached hydrogens (tertiary/aromatic N) is 5. The standard InChI is InChI=1S/C16H22N6O.CH2O2/c1-21-9-6-17-16(21)12-4-5-15(20-19-12)18-13-10-23-11-14(13)22-7-2-3-8-22;2-1-3/h4-6,9,13-14H,2-3,7-8,10-11H2,1H3,(H,18,20);1H,(H,2,3)/t13-,14-;/m0./s1. The van der Waals surface area contributed by atoms with Crippen LogP contribution in [0.2, 0.25) is 0 Å². The van der Waals surface area contributed by atoms with Crippen LogP contribution in [0.1, 0.15) is 12.8 Å². The summed E-state index contributed by atoms with van der Waals surface area (Å²) in [5, 5.41) is 19.0. The second-order valence-corrected chi connectivity index (χ2v) is 6.37. The Hall–Kier alpha value is -2.52. The highest BCUT2D eigenvalue weighted by atomic mass is 16.5. The fraction of sp³-hybridized carbons (Fsp3) is 0.529. The SMILES string of the molecule is Cn1ccnc1-c1ccc(N[C@H]2COC[C@@H]2N2CCCC2)nn1.O=CO. The van der Waals surface area contributed by atoms with Crippen molar-refractivity contribution < 1.29 is 14.6 Å². The fourth-order valence-electron chi connectivity index (χ4n) is 3.44. The Morgan fingerprint density at radius 3 is 2.65 bits per heavy atom. The molecular formula is C17H24N6O3. The van der Waals surface area contributed by atoms with Crippen LogP contribution >= 0.6 is 0 Å². The molecular weight excluding hydrogens is 336 g/mol. The zero-order chi connectivity index (χ0) is 18.4. The van der Waals surface area contributed by atoms with Crippen LogP contribution in [0.5, 0.6) is 0 Å². The molecule has 0 aliphatic carbocycles. The summed E-state index contributed by atoms with van der Waals surface area (Å²) in [6.07, 6.45) is 6.25. The maximum absolute atomic E-state index is 8.36. The summed E-state index contributed by atoms with van der Waals surface area (Å²) in [7, 11) is 1.95. The average molecular weight is 360 g/mol. The van der Waals surface area contributed by atoms with Crippen LogP contribution in [-0.2, 0) is 16.6 Å². The zero-order valence-corrected chi connectivity index (χ0v) is 14.8. The van der Waals surface area contributed by atoms with Gasteiger partial charge in [0.15, 0.2) is 5.82 Å². The molecule has 0 amide bonds. The van der Waals surface area contributed by atoms with Gasteiger partial charge in [0.25, 0.3) is 6.47 Å². The number of hydrogen-bond acceptors (Lipinski definition) is 7. The summed E-state index contributed by atoms with van der Waals surface area (Å²) in [5.74, 6) is 1.62. The molecule has 140 valence electrons. The fourth-order valence-corrected chi connectivity index (χ4v) is 3.44. The number of hydrogen-bond donors (Lipinski definition) is 2. The van der Waals surface area contributed by atoms with Crippen molar-refractivity contribution in [2.75, 3.05) is 31.6 Å². The largest absolute Gasteiger partial charge is 0.483 e. The number of nitrogens with one attached hydrogen (secondary N) is 1. The third-order valence-corrected chi connectivity index (χ3v) is 4.71. The van der Waals surface area contributed by atoms with E-state index in [9.17, 15) is 0 Å². The lowest BCUT2D eigenvalue weighted by atomic mass is 10.1. The van der Waals surface area contributed by atoms with E-state index >= 15 is 0 Å². The van der Waals surface area contributed by atoms with Crippen LogP contribution < -0.4 is 5.32 Å². The van der Waals surface area contributed by atoms with Crippen LogP contribution in [0.3, 0.4) is 0 Å². The van der Waals surface area contributed by atoms with E-state index in [4.69, 9.17) is 14.6 Å². The molecule has 4 rings (SSSR count). The van der Waals surface area contributed by atoms with Crippen LogP contribution in [0, 0.1) is 0 Å². The molecule has 2 aliphatic heterocycles. The molecule has 0 aromatic carbocycles. The Kier molecular flexibility index (Phi) is 6.13. The maximum Gasteiger partial charge on any atom is 0.290 e. The predicted molar refractivity (Wildman–Crippen MR) is 95.8 cm³/mol. The van der Waals surface area contributed by atoms with Gasteiger partial charge in [-0.3, -0.25) is 9.69 Å². The van der Waals surface area contributed by atoms with Crippen LogP contribution in [0.15, 0.2) is 24.5 Å². The van der Waals surface area contributed by atoms with Crippen molar-refractivity contribution in [3.05, 3.63) is 24.5 Å².